The van der Waals surface area contributed by atoms with Crippen molar-refractivity contribution >= 4 is 22.8 Å². The lowest BCUT2D eigenvalue weighted by Gasteiger charge is -2.10. The van der Waals surface area contributed by atoms with Crippen molar-refractivity contribution in [1.82, 2.24) is 14.5 Å². The molecule has 2 amide bonds. The number of halogens is 2. The van der Waals surface area contributed by atoms with Crippen LogP contribution in [0.2, 0.25) is 0 Å². The summed E-state index contributed by atoms with van der Waals surface area (Å²) in [6, 6.07) is 5.34. The number of alkyl halides is 2. The summed E-state index contributed by atoms with van der Waals surface area (Å²) in [6.45, 7) is 1.15. The van der Waals surface area contributed by atoms with E-state index in [1.807, 2.05) is 0 Å². The van der Waals surface area contributed by atoms with Crippen LogP contribution in [0, 0.1) is 11.3 Å². The van der Waals surface area contributed by atoms with Crippen molar-refractivity contribution in [2.24, 2.45) is 5.73 Å². The van der Waals surface area contributed by atoms with Crippen molar-refractivity contribution < 1.29 is 18.3 Å². The largest absolute Gasteiger partial charge is 0.381 e. The SMILES string of the molecule is N#Cc1cc(-c2cn([C@H]3CC3(F)F)c3cnc(NC(N)=O)cc23)nc(C2CCOC2)c1. The minimum Gasteiger partial charge on any atom is -0.381 e. The molecule has 3 aromatic rings. The molecular formula is C21H18F2N6O2. The van der Waals surface area contributed by atoms with Gasteiger partial charge >= 0.3 is 6.03 Å². The van der Waals surface area contributed by atoms with Crippen LogP contribution in [-0.4, -0.2) is 39.7 Å². The highest BCUT2D eigenvalue weighted by atomic mass is 19.3. The zero-order valence-electron chi connectivity index (χ0n) is 16.3. The van der Waals surface area contributed by atoms with Gasteiger partial charge in [-0.25, -0.2) is 18.6 Å². The van der Waals surface area contributed by atoms with Crippen LogP contribution >= 0.6 is 0 Å². The van der Waals surface area contributed by atoms with Crippen LogP contribution < -0.4 is 11.1 Å². The summed E-state index contributed by atoms with van der Waals surface area (Å²) in [4.78, 5) is 20.1. The van der Waals surface area contributed by atoms with Crippen LogP contribution in [0.25, 0.3) is 22.2 Å². The topological polar surface area (TPSA) is 119 Å². The Labute approximate surface area is 175 Å². The molecule has 0 aromatic carbocycles. The number of hydrogen-bond donors (Lipinski definition) is 2. The molecule has 5 rings (SSSR count). The van der Waals surface area contributed by atoms with E-state index in [2.05, 4.69) is 16.4 Å². The summed E-state index contributed by atoms with van der Waals surface area (Å²) in [5.41, 5.74) is 7.90. The third-order valence-electron chi connectivity index (χ3n) is 5.70. The number of nitrogens with two attached hydrogens (primary N) is 1. The average Bonchev–Trinajstić information content (AvgIpc) is 3.13. The van der Waals surface area contributed by atoms with Gasteiger partial charge in [-0.15, -0.1) is 0 Å². The smallest absolute Gasteiger partial charge is 0.317 e. The standard InChI is InChI=1S/C21H18F2N6O2/c22-21(23)6-18(21)29-9-14(13-5-19(28-20(25)30)26-8-17(13)29)16-4-11(7-24)3-15(27-16)12-1-2-31-10-12/h3-5,8-9,12,18H,1-2,6,10H2,(H3,25,26,28,30)/t12?,18-/m0/s1. The highest BCUT2D eigenvalue weighted by Crippen LogP contribution is 2.54. The van der Waals surface area contributed by atoms with Gasteiger partial charge in [0.25, 0.3) is 5.92 Å². The summed E-state index contributed by atoms with van der Waals surface area (Å²) >= 11 is 0. The number of primary amides is 1. The number of aromatic nitrogens is 3. The second-order valence-corrected chi connectivity index (χ2v) is 7.85. The fraction of sp³-hybridized carbons (Fsp3) is 0.333. The predicted octanol–water partition coefficient (Wildman–Crippen LogP) is 3.54. The average molecular weight is 424 g/mol. The quantitative estimate of drug-likeness (QED) is 0.664. The first-order valence-corrected chi connectivity index (χ1v) is 9.81. The van der Waals surface area contributed by atoms with Gasteiger partial charge < -0.3 is 15.0 Å². The molecule has 0 radical (unpaired) electrons. The van der Waals surface area contributed by atoms with Gasteiger partial charge in [0.05, 0.1) is 35.6 Å². The maximum atomic E-state index is 13.9. The van der Waals surface area contributed by atoms with E-state index in [0.717, 1.165) is 12.1 Å². The maximum absolute atomic E-state index is 13.9. The monoisotopic (exact) mass is 424 g/mol. The highest BCUT2D eigenvalue weighted by Gasteiger charge is 2.58. The summed E-state index contributed by atoms with van der Waals surface area (Å²) in [6.07, 6.45) is 3.59. The lowest BCUT2D eigenvalue weighted by molar-refractivity contribution is 0.102. The fourth-order valence-corrected chi connectivity index (χ4v) is 4.04. The molecule has 0 bridgehead atoms. The van der Waals surface area contributed by atoms with Gasteiger partial charge in [-0.2, -0.15) is 5.26 Å². The van der Waals surface area contributed by atoms with Gasteiger partial charge in [0.15, 0.2) is 0 Å². The number of pyridine rings is 2. The Morgan fingerprint density at radius 1 is 1.39 bits per heavy atom. The number of nitriles is 1. The molecule has 1 aliphatic carbocycles. The number of carbonyl (C=O) groups excluding carboxylic acids is 1. The molecule has 3 N–H and O–H groups in total. The minimum absolute atomic E-state index is 0.0712. The van der Waals surface area contributed by atoms with E-state index >= 15 is 0 Å². The zero-order valence-corrected chi connectivity index (χ0v) is 16.3. The van der Waals surface area contributed by atoms with Gasteiger partial charge in [-0.1, -0.05) is 0 Å². The molecule has 1 unspecified atom stereocenters. The summed E-state index contributed by atoms with van der Waals surface area (Å²) in [5.74, 6) is -2.52. The molecule has 3 aromatic heterocycles. The van der Waals surface area contributed by atoms with E-state index in [1.165, 1.54) is 10.8 Å². The second-order valence-electron chi connectivity index (χ2n) is 7.85. The minimum atomic E-state index is -2.79. The molecule has 2 aliphatic rings. The second kappa shape index (κ2) is 6.99. The number of hydrogen-bond acceptors (Lipinski definition) is 5. The van der Waals surface area contributed by atoms with E-state index in [9.17, 15) is 18.8 Å². The fourth-order valence-electron chi connectivity index (χ4n) is 4.04. The molecule has 2 atom stereocenters. The van der Waals surface area contributed by atoms with Crippen LogP contribution in [-0.2, 0) is 4.74 Å². The highest BCUT2D eigenvalue weighted by molar-refractivity contribution is 5.98. The molecule has 158 valence electrons. The van der Waals surface area contributed by atoms with E-state index in [1.54, 1.807) is 24.4 Å². The number of anilines is 1. The molecule has 1 aliphatic heterocycles. The molecule has 8 nitrogen and oxygen atoms in total. The summed E-state index contributed by atoms with van der Waals surface area (Å²) in [5, 5.41) is 12.5. The van der Waals surface area contributed by atoms with Gasteiger partial charge in [0.2, 0.25) is 0 Å². The first kappa shape index (κ1) is 19.4. The van der Waals surface area contributed by atoms with Crippen LogP contribution in [0.4, 0.5) is 19.4 Å². The summed E-state index contributed by atoms with van der Waals surface area (Å²) in [7, 11) is 0. The van der Waals surface area contributed by atoms with Crippen LogP contribution in [0.1, 0.15) is 36.1 Å². The first-order valence-electron chi connectivity index (χ1n) is 9.81. The number of carbonyl (C=O) groups is 1. The Morgan fingerprint density at radius 3 is 2.84 bits per heavy atom. The Kier molecular flexibility index (Phi) is 4.37. The van der Waals surface area contributed by atoms with E-state index in [4.69, 9.17) is 15.5 Å². The first-order chi connectivity index (χ1) is 14.9. The van der Waals surface area contributed by atoms with Crippen molar-refractivity contribution in [2.75, 3.05) is 18.5 Å². The lowest BCUT2D eigenvalue weighted by atomic mass is 10.0. The van der Waals surface area contributed by atoms with E-state index < -0.39 is 18.0 Å². The van der Waals surface area contributed by atoms with Crippen LogP contribution in [0.3, 0.4) is 0 Å². The number of amides is 2. The maximum Gasteiger partial charge on any atom is 0.317 e. The molecular weight excluding hydrogens is 406 g/mol. The Bertz CT molecular complexity index is 1240. The number of ether oxygens (including phenoxy) is 1. The van der Waals surface area contributed by atoms with Gasteiger partial charge in [0.1, 0.15) is 11.9 Å². The molecule has 31 heavy (non-hydrogen) atoms. The normalized spacial score (nSPS) is 21.7. The third-order valence-corrected chi connectivity index (χ3v) is 5.70. The Balaban J connectivity index is 1.69. The van der Waals surface area contributed by atoms with Crippen LogP contribution in [0.15, 0.2) is 30.6 Å². The molecule has 10 heteroatoms. The lowest BCUT2D eigenvalue weighted by Crippen LogP contribution is -2.19. The molecule has 2 fully saturated rings. The van der Waals surface area contributed by atoms with Crippen LogP contribution in [0.5, 0.6) is 0 Å². The van der Waals surface area contributed by atoms with Gasteiger partial charge in [-0.05, 0) is 24.6 Å². The number of nitrogens with one attached hydrogen (secondary N) is 1. The third kappa shape index (κ3) is 3.47. The number of rotatable bonds is 4. The molecule has 0 spiro atoms. The summed E-state index contributed by atoms with van der Waals surface area (Å²) < 4.78 is 34.7. The van der Waals surface area contributed by atoms with Crippen molar-refractivity contribution in [1.29, 1.82) is 5.26 Å². The van der Waals surface area contributed by atoms with Gasteiger partial charge in [0, 0.05) is 41.8 Å². The van der Waals surface area contributed by atoms with Crippen molar-refractivity contribution in [3.63, 3.8) is 0 Å². The van der Waals surface area contributed by atoms with Crippen molar-refractivity contribution in [2.45, 2.75) is 30.7 Å². The van der Waals surface area contributed by atoms with Gasteiger partial charge in [-0.3, -0.25) is 10.3 Å². The van der Waals surface area contributed by atoms with Crippen molar-refractivity contribution in [3.8, 4) is 17.3 Å². The number of urea groups is 1. The number of nitrogens with zero attached hydrogens (tertiary/aromatic N) is 4. The number of fused-ring (bicyclic) bond motifs is 1. The van der Waals surface area contributed by atoms with E-state index in [-0.39, 0.29) is 18.2 Å². The molecule has 1 saturated carbocycles. The Hall–Kier alpha value is -3.58. The molecule has 1 saturated heterocycles. The zero-order chi connectivity index (χ0) is 21.8. The predicted molar refractivity (Wildman–Crippen MR) is 108 cm³/mol. The van der Waals surface area contributed by atoms with Crippen molar-refractivity contribution in [3.05, 3.63) is 41.9 Å². The molecule has 4 heterocycles. The van der Waals surface area contributed by atoms with E-state index in [0.29, 0.717) is 40.9 Å². The Morgan fingerprint density at radius 2 is 2.19 bits per heavy atom.